The summed E-state index contributed by atoms with van der Waals surface area (Å²) in [6.07, 6.45) is 9.94. The van der Waals surface area contributed by atoms with Crippen molar-refractivity contribution in [1.82, 2.24) is 0 Å². The van der Waals surface area contributed by atoms with E-state index in [0.717, 1.165) is 5.92 Å². The van der Waals surface area contributed by atoms with E-state index in [4.69, 9.17) is 0 Å². The van der Waals surface area contributed by atoms with Crippen molar-refractivity contribution in [2.45, 2.75) is 12.5 Å². The predicted octanol–water partition coefficient (Wildman–Crippen LogP) is 1.36. The largest absolute Gasteiger partial charge is 0.389 e. The molecule has 0 saturated heterocycles. The third kappa shape index (κ3) is 0.603. The highest BCUT2D eigenvalue weighted by Gasteiger charge is 2.48. The lowest BCUT2D eigenvalue weighted by Crippen LogP contribution is -2.23. The minimum Gasteiger partial charge on any atom is -0.389 e. The van der Waals surface area contributed by atoms with Gasteiger partial charge >= 0.3 is 0 Å². The second-order valence-corrected chi connectivity index (χ2v) is 3.98. The van der Waals surface area contributed by atoms with Crippen molar-refractivity contribution in [2.24, 2.45) is 23.7 Å². The smallest absolute Gasteiger partial charge is 0.0760 e. The van der Waals surface area contributed by atoms with Crippen LogP contribution >= 0.6 is 0 Å². The van der Waals surface area contributed by atoms with Crippen molar-refractivity contribution >= 4 is 0 Å². The number of fused-ring (bicyclic) bond motifs is 5. The normalized spacial score (nSPS) is 57.4. The number of aliphatic hydroxyl groups excluding tert-OH is 1. The second-order valence-electron chi connectivity index (χ2n) is 3.98. The number of rotatable bonds is 0. The van der Waals surface area contributed by atoms with Gasteiger partial charge in [-0.2, -0.15) is 0 Å². The van der Waals surface area contributed by atoms with E-state index in [9.17, 15) is 5.11 Å². The molecule has 1 nitrogen and oxygen atoms in total. The van der Waals surface area contributed by atoms with E-state index >= 15 is 0 Å². The van der Waals surface area contributed by atoms with Crippen LogP contribution in [0.3, 0.4) is 0 Å². The van der Waals surface area contributed by atoms with Gasteiger partial charge in [-0.1, -0.05) is 24.3 Å². The molecular formula is C10H12O. The number of aliphatic hydroxyl groups is 1. The molecule has 0 spiro atoms. The molecule has 2 bridgehead atoms. The van der Waals surface area contributed by atoms with Gasteiger partial charge in [-0.25, -0.2) is 0 Å². The fourth-order valence-electron chi connectivity index (χ4n) is 3.02. The van der Waals surface area contributed by atoms with Gasteiger partial charge in [0, 0.05) is 5.92 Å². The molecule has 0 radical (unpaired) electrons. The minimum atomic E-state index is -0.153. The molecule has 58 valence electrons. The molecule has 0 heterocycles. The first-order valence-corrected chi connectivity index (χ1v) is 4.41. The lowest BCUT2D eigenvalue weighted by atomic mass is 9.84. The van der Waals surface area contributed by atoms with Gasteiger partial charge in [-0.05, 0) is 24.2 Å². The molecule has 0 aliphatic heterocycles. The topological polar surface area (TPSA) is 20.2 Å². The Balaban J connectivity index is 2.02. The van der Waals surface area contributed by atoms with Gasteiger partial charge in [0.05, 0.1) is 6.10 Å². The van der Waals surface area contributed by atoms with Crippen LogP contribution in [0.5, 0.6) is 0 Å². The summed E-state index contributed by atoms with van der Waals surface area (Å²) >= 11 is 0. The Hall–Kier alpha value is -0.560. The van der Waals surface area contributed by atoms with Gasteiger partial charge in [0.1, 0.15) is 0 Å². The first-order valence-electron chi connectivity index (χ1n) is 4.41. The highest BCUT2D eigenvalue weighted by atomic mass is 16.3. The average molecular weight is 148 g/mol. The summed E-state index contributed by atoms with van der Waals surface area (Å²) in [7, 11) is 0. The lowest BCUT2D eigenvalue weighted by Gasteiger charge is -2.22. The zero-order valence-electron chi connectivity index (χ0n) is 6.35. The van der Waals surface area contributed by atoms with E-state index in [-0.39, 0.29) is 6.10 Å². The zero-order chi connectivity index (χ0) is 7.42. The van der Waals surface area contributed by atoms with Crippen LogP contribution in [0, 0.1) is 23.7 Å². The molecule has 3 rings (SSSR count). The molecule has 0 amide bonds. The fraction of sp³-hybridized carbons (Fsp3) is 0.600. The molecule has 0 unspecified atom stereocenters. The Morgan fingerprint density at radius 2 is 1.82 bits per heavy atom. The summed E-state index contributed by atoms with van der Waals surface area (Å²) in [5, 5.41) is 9.60. The summed E-state index contributed by atoms with van der Waals surface area (Å²) in [4.78, 5) is 0. The molecule has 1 N–H and O–H groups in total. The number of hydrogen-bond acceptors (Lipinski definition) is 1. The van der Waals surface area contributed by atoms with E-state index < -0.39 is 0 Å². The molecule has 11 heavy (non-hydrogen) atoms. The van der Waals surface area contributed by atoms with Crippen molar-refractivity contribution in [2.75, 3.05) is 0 Å². The van der Waals surface area contributed by atoms with E-state index in [1.54, 1.807) is 0 Å². The second kappa shape index (κ2) is 1.78. The monoisotopic (exact) mass is 148 g/mol. The van der Waals surface area contributed by atoms with Crippen LogP contribution in [0.2, 0.25) is 0 Å². The Morgan fingerprint density at radius 1 is 1.00 bits per heavy atom. The quantitative estimate of drug-likeness (QED) is 0.514. The van der Waals surface area contributed by atoms with Gasteiger partial charge in [0.15, 0.2) is 0 Å². The molecule has 3 aliphatic rings. The van der Waals surface area contributed by atoms with Crippen molar-refractivity contribution in [3.05, 3.63) is 24.3 Å². The molecule has 1 saturated carbocycles. The van der Waals surface area contributed by atoms with Crippen LogP contribution in [-0.2, 0) is 0 Å². The molecule has 1 heteroatoms. The number of hydrogen-bond donors (Lipinski definition) is 1. The Kier molecular flexibility index (Phi) is 0.972. The SMILES string of the molecule is O[C@@H]1C=C[C@@H]2[C@H]1[C@@H]1C=C[C@H]2C1. The van der Waals surface area contributed by atoms with Crippen LogP contribution in [-0.4, -0.2) is 11.2 Å². The van der Waals surface area contributed by atoms with E-state index in [1.165, 1.54) is 6.42 Å². The van der Waals surface area contributed by atoms with Crippen molar-refractivity contribution in [3.63, 3.8) is 0 Å². The van der Waals surface area contributed by atoms with E-state index in [1.807, 2.05) is 6.08 Å². The lowest BCUT2D eigenvalue weighted by molar-refractivity contribution is 0.132. The molecule has 1 fully saturated rings. The Labute approximate surface area is 66.4 Å². The molecule has 0 aromatic rings. The minimum absolute atomic E-state index is 0.153. The van der Waals surface area contributed by atoms with Crippen LogP contribution in [0.15, 0.2) is 24.3 Å². The molecule has 3 aliphatic carbocycles. The van der Waals surface area contributed by atoms with E-state index in [0.29, 0.717) is 17.8 Å². The Morgan fingerprint density at radius 3 is 2.64 bits per heavy atom. The average Bonchev–Trinajstić information content (AvgIpc) is 2.60. The highest BCUT2D eigenvalue weighted by Crippen LogP contribution is 2.52. The Bertz CT molecular complexity index is 241. The van der Waals surface area contributed by atoms with E-state index in [2.05, 4.69) is 18.2 Å². The van der Waals surface area contributed by atoms with Crippen molar-refractivity contribution in [1.29, 1.82) is 0 Å². The summed E-state index contributed by atoms with van der Waals surface area (Å²) in [6, 6.07) is 0. The van der Waals surface area contributed by atoms with Gasteiger partial charge in [-0.15, -0.1) is 0 Å². The van der Waals surface area contributed by atoms with Crippen LogP contribution in [0.25, 0.3) is 0 Å². The maximum absolute atomic E-state index is 9.60. The molecule has 0 aromatic carbocycles. The standard InChI is InChI=1S/C10H12O/c11-9-4-3-8-6-1-2-7(5-6)10(8)9/h1-4,6-11H,5H2/t6-,7+,8-,9+,10+/m0/s1. The zero-order valence-corrected chi connectivity index (χ0v) is 6.35. The number of allylic oxidation sites excluding steroid dienone is 3. The van der Waals surface area contributed by atoms with Gasteiger partial charge in [0.25, 0.3) is 0 Å². The van der Waals surface area contributed by atoms with Crippen LogP contribution < -0.4 is 0 Å². The first-order chi connectivity index (χ1) is 5.36. The van der Waals surface area contributed by atoms with Gasteiger partial charge < -0.3 is 5.11 Å². The first kappa shape index (κ1) is 6.01. The van der Waals surface area contributed by atoms with Gasteiger partial charge in [-0.3, -0.25) is 0 Å². The third-order valence-electron chi connectivity index (χ3n) is 3.51. The van der Waals surface area contributed by atoms with Crippen molar-refractivity contribution in [3.8, 4) is 0 Å². The summed E-state index contributed by atoms with van der Waals surface area (Å²) in [6.45, 7) is 0. The fourth-order valence-corrected chi connectivity index (χ4v) is 3.02. The van der Waals surface area contributed by atoms with Crippen molar-refractivity contribution < 1.29 is 5.11 Å². The molecular weight excluding hydrogens is 136 g/mol. The highest BCUT2D eigenvalue weighted by molar-refractivity contribution is 5.24. The third-order valence-corrected chi connectivity index (χ3v) is 3.51. The maximum atomic E-state index is 9.60. The van der Waals surface area contributed by atoms with Crippen LogP contribution in [0.1, 0.15) is 6.42 Å². The van der Waals surface area contributed by atoms with Gasteiger partial charge in [0.2, 0.25) is 0 Å². The summed E-state index contributed by atoms with van der Waals surface area (Å²) in [5.74, 6) is 2.62. The maximum Gasteiger partial charge on any atom is 0.0760 e. The summed E-state index contributed by atoms with van der Waals surface area (Å²) in [5.41, 5.74) is 0. The molecule has 0 aromatic heterocycles. The summed E-state index contributed by atoms with van der Waals surface area (Å²) < 4.78 is 0. The van der Waals surface area contributed by atoms with Crippen LogP contribution in [0.4, 0.5) is 0 Å². The molecule has 5 atom stereocenters. The predicted molar refractivity (Wildman–Crippen MR) is 42.9 cm³/mol.